The van der Waals surface area contributed by atoms with E-state index in [1.165, 1.54) is 4.90 Å². The lowest BCUT2D eigenvalue weighted by Gasteiger charge is -2.35. The van der Waals surface area contributed by atoms with Gasteiger partial charge < -0.3 is 5.11 Å². The van der Waals surface area contributed by atoms with Crippen LogP contribution in [0.25, 0.3) is 0 Å². The molecule has 17 heavy (non-hydrogen) atoms. The molecule has 2 saturated heterocycles. The lowest BCUT2D eigenvalue weighted by Crippen LogP contribution is -2.51. The van der Waals surface area contributed by atoms with Crippen LogP contribution in [0.4, 0.5) is 0 Å². The number of rotatable bonds is 4. The molecule has 0 spiro atoms. The predicted octanol–water partition coefficient (Wildman–Crippen LogP) is -1.30. The molecule has 2 amide bonds. The Balaban J connectivity index is 1.78. The number of piperazine rings is 1. The molecule has 0 radical (unpaired) electrons. The van der Waals surface area contributed by atoms with Crippen LogP contribution < -0.4 is 0 Å². The van der Waals surface area contributed by atoms with Gasteiger partial charge in [0.15, 0.2) is 0 Å². The Morgan fingerprint density at radius 2 is 1.47 bits per heavy atom. The molecular formula is C11H19N3O3. The molecule has 0 atom stereocenters. The van der Waals surface area contributed by atoms with Gasteiger partial charge in [-0.25, -0.2) is 0 Å². The molecule has 0 bridgehead atoms. The minimum Gasteiger partial charge on any atom is -0.395 e. The van der Waals surface area contributed by atoms with Gasteiger partial charge in [0.2, 0.25) is 11.8 Å². The number of likely N-dealkylation sites (tertiary alicyclic amines) is 1. The van der Waals surface area contributed by atoms with Gasteiger partial charge in [0.25, 0.3) is 0 Å². The molecule has 6 heteroatoms. The van der Waals surface area contributed by atoms with Gasteiger partial charge in [-0.3, -0.25) is 24.3 Å². The quantitative estimate of drug-likeness (QED) is 0.620. The summed E-state index contributed by atoms with van der Waals surface area (Å²) in [4.78, 5) is 28.6. The summed E-state index contributed by atoms with van der Waals surface area (Å²) in [6.07, 6.45) is 0.729. The van der Waals surface area contributed by atoms with Gasteiger partial charge in [0.05, 0.1) is 13.3 Å². The van der Waals surface area contributed by atoms with Crippen molar-refractivity contribution in [1.29, 1.82) is 0 Å². The van der Waals surface area contributed by atoms with Crippen molar-refractivity contribution < 1.29 is 14.7 Å². The monoisotopic (exact) mass is 241 g/mol. The van der Waals surface area contributed by atoms with Crippen molar-refractivity contribution in [3.63, 3.8) is 0 Å². The zero-order chi connectivity index (χ0) is 12.3. The van der Waals surface area contributed by atoms with E-state index in [9.17, 15) is 9.59 Å². The molecule has 0 aromatic carbocycles. The highest BCUT2D eigenvalue weighted by molar-refractivity contribution is 6.01. The van der Waals surface area contributed by atoms with Crippen molar-refractivity contribution >= 4 is 11.8 Å². The first-order valence-electron chi connectivity index (χ1n) is 6.09. The van der Waals surface area contributed by atoms with E-state index in [2.05, 4.69) is 9.80 Å². The second-order valence-electron chi connectivity index (χ2n) is 4.54. The highest BCUT2D eigenvalue weighted by Crippen LogP contribution is 2.13. The number of aliphatic hydroxyl groups excluding tert-OH is 1. The van der Waals surface area contributed by atoms with Gasteiger partial charge in [0, 0.05) is 45.6 Å². The Labute approximate surface area is 101 Å². The Morgan fingerprint density at radius 3 is 2.00 bits per heavy atom. The Kier molecular flexibility index (Phi) is 4.09. The van der Waals surface area contributed by atoms with E-state index in [1.54, 1.807) is 0 Å². The molecule has 1 N–H and O–H groups in total. The Bertz CT molecular complexity index is 284. The lowest BCUT2D eigenvalue weighted by molar-refractivity contribution is -0.141. The molecule has 0 aromatic rings. The molecular weight excluding hydrogens is 222 g/mol. The maximum atomic E-state index is 11.5. The fourth-order valence-electron chi connectivity index (χ4n) is 2.28. The van der Waals surface area contributed by atoms with Crippen molar-refractivity contribution in [1.82, 2.24) is 14.7 Å². The molecule has 2 heterocycles. The smallest absolute Gasteiger partial charge is 0.230 e. The molecule has 2 aliphatic rings. The van der Waals surface area contributed by atoms with Crippen LogP contribution in [0.1, 0.15) is 12.8 Å². The largest absolute Gasteiger partial charge is 0.395 e. The maximum absolute atomic E-state index is 11.5. The van der Waals surface area contributed by atoms with Crippen molar-refractivity contribution in [2.24, 2.45) is 0 Å². The summed E-state index contributed by atoms with van der Waals surface area (Å²) in [5, 5.41) is 8.83. The van der Waals surface area contributed by atoms with E-state index in [-0.39, 0.29) is 18.4 Å². The molecule has 2 rings (SSSR count). The molecule has 2 fully saturated rings. The van der Waals surface area contributed by atoms with E-state index in [0.717, 1.165) is 26.2 Å². The van der Waals surface area contributed by atoms with Crippen molar-refractivity contribution in [2.75, 3.05) is 46.0 Å². The van der Waals surface area contributed by atoms with Crippen LogP contribution in [-0.2, 0) is 9.59 Å². The zero-order valence-corrected chi connectivity index (χ0v) is 9.97. The van der Waals surface area contributed by atoms with Crippen molar-refractivity contribution in [2.45, 2.75) is 12.8 Å². The van der Waals surface area contributed by atoms with E-state index in [4.69, 9.17) is 5.11 Å². The Morgan fingerprint density at radius 1 is 0.941 bits per heavy atom. The minimum absolute atomic E-state index is 0.0483. The van der Waals surface area contributed by atoms with Gasteiger partial charge in [-0.2, -0.15) is 0 Å². The minimum atomic E-state index is -0.0483. The van der Waals surface area contributed by atoms with Crippen LogP contribution >= 0.6 is 0 Å². The molecule has 0 saturated carbocycles. The van der Waals surface area contributed by atoms with Crippen molar-refractivity contribution in [3.05, 3.63) is 0 Å². The summed E-state index contributed by atoms with van der Waals surface area (Å²) >= 11 is 0. The average molecular weight is 241 g/mol. The average Bonchev–Trinajstić information content (AvgIpc) is 2.64. The first-order valence-corrected chi connectivity index (χ1v) is 6.09. The van der Waals surface area contributed by atoms with Crippen LogP contribution in [0, 0.1) is 0 Å². The maximum Gasteiger partial charge on any atom is 0.230 e. The second kappa shape index (κ2) is 5.57. The lowest BCUT2D eigenvalue weighted by atomic mass is 10.3. The normalized spacial score (nSPS) is 23.7. The number of imide groups is 1. The van der Waals surface area contributed by atoms with Gasteiger partial charge in [-0.15, -0.1) is 0 Å². The SMILES string of the molecule is O=C1CCC(=O)N1CN1CCN(CCO)CC1. The topological polar surface area (TPSA) is 64.1 Å². The van der Waals surface area contributed by atoms with Crippen molar-refractivity contribution in [3.8, 4) is 0 Å². The number of carbonyl (C=O) groups is 2. The summed E-state index contributed by atoms with van der Waals surface area (Å²) in [7, 11) is 0. The van der Waals surface area contributed by atoms with Crippen LogP contribution in [0.2, 0.25) is 0 Å². The van der Waals surface area contributed by atoms with Crippen LogP contribution in [0.15, 0.2) is 0 Å². The number of hydrogen-bond acceptors (Lipinski definition) is 5. The summed E-state index contributed by atoms with van der Waals surface area (Å²) in [5.41, 5.74) is 0. The summed E-state index contributed by atoms with van der Waals surface area (Å²) < 4.78 is 0. The van der Waals surface area contributed by atoms with Gasteiger partial charge in [0.1, 0.15) is 0 Å². The highest BCUT2D eigenvalue weighted by atomic mass is 16.3. The number of carbonyl (C=O) groups excluding carboxylic acids is 2. The molecule has 0 aliphatic carbocycles. The fourth-order valence-corrected chi connectivity index (χ4v) is 2.28. The third-order valence-electron chi connectivity index (χ3n) is 3.38. The summed E-state index contributed by atoms with van der Waals surface area (Å²) in [6.45, 7) is 4.78. The molecule has 6 nitrogen and oxygen atoms in total. The third-order valence-corrected chi connectivity index (χ3v) is 3.38. The predicted molar refractivity (Wildman–Crippen MR) is 61.1 cm³/mol. The van der Waals surface area contributed by atoms with Crippen LogP contribution in [-0.4, -0.2) is 77.6 Å². The zero-order valence-electron chi connectivity index (χ0n) is 9.97. The number of hydrogen-bond donors (Lipinski definition) is 1. The molecule has 2 aliphatic heterocycles. The van der Waals surface area contributed by atoms with Gasteiger partial charge >= 0.3 is 0 Å². The number of nitrogens with zero attached hydrogens (tertiary/aromatic N) is 3. The molecule has 0 aromatic heterocycles. The molecule has 0 unspecified atom stereocenters. The first-order chi connectivity index (χ1) is 8.20. The highest BCUT2D eigenvalue weighted by Gasteiger charge is 2.30. The third kappa shape index (κ3) is 3.02. The number of β-amino-alcohol motifs (C(OH)–C–C–N with tert-alkyl or cyclic N) is 1. The van der Waals surface area contributed by atoms with E-state index < -0.39 is 0 Å². The van der Waals surface area contributed by atoms with E-state index >= 15 is 0 Å². The molecule has 96 valence electrons. The van der Waals surface area contributed by atoms with Crippen LogP contribution in [0.5, 0.6) is 0 Å². The van der Waals surface area contributed by atoms with E-state index in [0.29, 0.717) is 26.1 Å². The Hall–Kier alpha value is -0.980. The number of amides is 2. The van der Waals surface area contributed by atoms with Gasteiger partial charge in [-0.05, 0) is 0 Å². The second-order valence-corrected chi connectivity index (χ2v) is 4.54. The number of aliphatic hydroxyl groups is 1. The fraction of sp³-hybridized carbons (Fsp3) is 0.818. The summed E-state index contributed by atoms with van der Waals surface area (Å²) in [6, 6.07) is 0. The summed E-state index contributed by atoms with van der Waals surface area (Å²) in [5.74, 6) is -0.0967. The van der Waals surface area contributed by atoms with Crippen LogP contribution in [0.3, 0.4) is 0 Å². The van der Waals surface area contributed by atoms with Gasteiger partial charge in [-0.1, -0.05) is 0 Å². The van der Waals surface area contributed by atoms with E-state index in [1.807, 2.05) is 0 Å². The standard InChI is InChI=1S/C11H19N3O3/c15-8-7-12-3-5-13(6-4-12)9-14-10(16)1-2-11(14)17/h15H,1-9H2. The first kappa shape index (κ1) is 12.5.